The zero-order valence-corrected chi connectivity index (χ0v) is 12.5. The fourth-order valence-corrected chi connectivity index (χ4v) is 2.18. The smallest absolute Gasteiger partial charge is 0.181 e. The summed E-state index contributed by atoms with van der Waals surface area (Å²) in [7, 11) is 0. The van der Waals surface area contributed by atoms with Crippen molar-refractivity contribution in [2.75, 3.05) is 0 Å². The number of nitrogens with zero attached hydrogens (tertiary/aromatic N) is 3. The maximum Gasteiger partial charge on any atom is 0.181 e. The second-order valence-electron chi connectivity index (χ2n) is 4.80. The average molecular weight is 322 g/mol. The number of hydroxylamine groups is 1. The van der Waals surface area contributed by atoms with Crippen molar-refractivity contribution in [2.45, 2.75) is 0 Å². The number of oxime groups is 1. The van der Waals surface area contributed by atoms with E-state index in [1.54, 1.807) is 48.7 Å². The third kappa shape index (κ3) is 3.31. The van der Waals surface area contributed by atoms with E-state index in [1.165, 1.54) is 6.39 Å². The van der Waals surface area contributed by atoms with E-state index in [4.69, 9.17) is 4.42 Å². The van der Waals surface area contributed by atoms with Crippen LogP contribution in [0.3, 0.4) is 0 Å². The van der Waals surface area contributed by atoms with Crippen LogP contribution < -0.4 is 5.48 Å². The van der Waals surface area contributed by atoms with E-state index in [9.17, 15) is 10.4 Å². The Balaban J connectivity index is 1.97. The highest BCUT2D eigenvalue weighted by atomic mass is 16.5. The zero-order chi connectivity index (χ0) is 16.8. The molecule has 0 saturated carbocycles. The topological polar surface area (TPSA) is 103 Å². The average Bonchev–Trinajstić information content (AvgIpc) is 3.17. The number of hydrogen-bond donors (Lipinski definition) is 3. The van der Waals surface area contributed by atoms with E-state index in [0.717, 1.165) is 5.56 Å². The third-order valence-electron chi connectivity index (χ3n) is 3.28. The molecule has 0 aliphatic heterocycles. The third-order valence-corrected chi connectivity index (χ3v) is 3.28. The summed E-state index contributed by atoms with van der Waals surface area (Å²) in [5.41, 5.74) is 4.02. The van der Waals surface area contributed by atoms with Gasteiger partial charge in [-0.1, -0.05) is 47.6 Å². The van der Waals surface area contributed by atoms with Crippen molar-refractivity contribution in [3.05, 3.63) is 72.8 Å². The van der Waals surface area contributed by atoms with Crippen LogP contribution in [0.4, 0.5) is 5.69 Å². The normalized spacial score (nSPS) is 12.2. The lowest BCUT2D eigenvalue weighted by molar-refractivity contribution is 0.236. The number of amidine groups is 1. The Hall–Kier alpha value is -3.45. The fourth-order valence-electron chi connectivity index (χ4n) is 2.18. The Morgan fingerprint density at radius 2 is 1.92 bits per heavy atom. The quantitative estimate of drug-likeness (QED) is 0.296. The maximum atomic E-state index is 9.40. The Morgan fingerprint density at radius 3 is 2.58 bits per heavy atom. The summed E-state index contributed by atoms with van der Waals surface area (Å²) in [6, 6.07) is 16.1. The molecule has 0 radical (unpaired) electrons. The van der Waals surface area contributed by atoms with Gasteiger partial charge in [-0.25, -0.2) is 9.98 Å². The van der Waals surface area contributed by atoms with Gasteiger partial charge in [0.05, 0.1) is 11.9 Å². The van der Waals surface area contributed by atoms with Crippen molar-refractivity contribution in [1.29, 1.82) is 0 Å². The molecule has 0 bridgehead atoms. The van der Waals surface area contributed by atoms with E-state index < -0.39 is 0 Å². The van der Waals surface area contributed by atoms with E-state index in [0.29, 0.717) is 17.0 Å². The molecular weight excluding hydrogens is 308 g/mol. The van der Waals surface area contributed by atoms with Crippen LogP contribution in [0.5, 0.6) is 0 Å². The van der Waals surface area contributed by atoms with Crippen LogP contribution >= 0.6 is 0 Å². The Bertz CT molecular complexity index is 859. The molecule has 2 aromatic carbocycles. The van der Waals surface area contributed by atoms with E-state index in [-0.39, 0.29) is 11.5 Å². The lowest BCUT2D eigenvalue weighted by Gasteiger charge is -2.07. The SMILES string of the molecule is ON=C(C(=Nc1cccc(-c2cnco2)c1)NO)c1ccccc1. The Kier molecular flexibility index (Phi) is 4.64. The summed E-state index contributed by atoms with van der Waals surface area (Å²) in [5.74, 6) is 0.614. The van der Waals surface area contributed by atoms with E-state index in [2.05, 4.69) is 15.1 Å². The van der Waals surface area contributed by atoms with Gasteiger partial charge in [-0.15, -0.1) is 0 Å². The molecule has 3 N–H and O–H groups in total. The van der Waals surface area contributed by atoms with Gasteiger partial charge in [0.2, 0.25) is 0 Å². The second-order valence-corrected chi connectivity index (χ2v) is 4.80. The number of nitrogens with one attached hydrogen (secondary N) is 1. The van der Waals surface area contributed by atoms with Crippen LogP contribution in [-0.4, -0.2) is 26.9 Å². The van der Waals surface area contributed by atoms with Gasteiger partial charge >= 0.3 is 0 Å². The molecule has 0 amide bonds. The number of aromatic nitrogens is 1. The van der Waals surface area contributed by atoms with Gasteiger partial charge in [-0.3, -0.25) is 10.7 Å². The molecule has 3 rings (SSSR count). The summed E-state index contributed by atoms with van der Waals surface area (Å²) in [6.07, 6.45) is 2.94. The molecule has 1 heterocycles. The Morgan fingerprint density at radius 1 is 1.08 bits per heavy atom. The zero-order valence-electron chi connectivity index (χ0n) is 12.5. The molecule has 7 nitrogen and oxygen atoms in total. The molecule has 7 heteroatoms. The highest BCUT2D eigenvalue weighted by Gasteiger charge is 2.12. The second kappa shape index (κ2) is 7.21. The maximum absolute atomic E-state index is 9.40. The first kappa shape index (κ1) is 15.4. The van der Waals surface area contributed by atoms with Gasteiger partial charge in [-0.2, -0.15) is 0 Å². The summed E-state index contributed by atoms with van der Waals surface area (Å²) in [5, 5.41) is 21.9. The summed E-state index contributed by atoms with van der Waals surface area (Å²) >= 11 is 0. The van der Waals surface area contributed by atoms with Crippen molar-refractivity contribution in [1.82, 2.24) is 10.5 Å². The van der Waals surface area contributed by atoms with Gasteiger partial charge in [0.1, 0.15) is 0 Å². The van der Waals surface area contributed by atoms with E-state index in [1.807, 2.05) is 17.6 Å². The van der Waals surface area contributed by atoms with Gasteiger partial charge in [0.15, 0.2) is 23.7 Å². The molecule has 0 fully saturated rings. The molecule has 3 aromatic rings. The molecule has 0 atom stereocenters. The van der Waals surface area contributed by atoms with Gasteiger partial charge < -0.3 is 9.62 Å². The summed E-state index contributed by atoms with van der Waals surface area (Å²) in [4.78, 5) is 8.18. The summed E-state index contributed by atoms with van der Waals surface area (Å²) < 4.78 is 5.26. The number of hydrogen-bond acceptors (Lipinski definition) is 6. The monoisotopic (exact) mass is 322 g/mol. The van der Waals surface area contributed by atoms with E-state index >= 15 is 0 Å². The predicted molar refractivity (Wildman–Crippen MR) is 88.7 cm³/mol. The van der Waals surface area contributed by atoms with Crippen LogP contribution in [0.2, 0.25) is 0 Å². The number of benzene rings is 2. The molecule has 24 heavy (non-hydrogen) atoms. The highest BCUT2D eigenvalue weighted by Crippen LogP contribution is 2.24. The van der Waals surface area contributed by atoms with Crippen molar-refractivity contribution in [3.63, 3.8) is 0 Å². The highest BCUT2D eigenvalue weighted by molar-refractivity contribution is 6.47. The molecule has 0 saturated heterocycles. The predicted octanol–water partition coefficient (Wildman–Crippen LogP) is 3.23. The van der Waals surface area contributed by atoms with Crippen molar-refractivity contribution < 1.29 is 14.8 Å². The Labute approximate surface area is 137 Å². The van der Waals surface area contributed by atoms with Crippen molar-refractivity contribution >= 4 is 17.2 Å². The molecule has 0 aliphatic rings. The lowest BCUT2D eigenvalue weighted by atomic mass is 10.1. The van der Waals surface area contributed by atoms with Gasteiger partial charge in [-0.05, 0) is 12.1 Å². The first-order valence-electron chi connectivity index (χ1n) is 7.07. The van der Waals surface area contributed by atoms with Crippen molar-refractivity contribution in [3.8, 4) is 11.3 Å². The first-order valence-corrected chi connectivity index (χ1v) is 7.07. The minimum absolute atomic E-state index is 0.0124. The molecule has 0 aliphatic carbocycles. The largest absolute Gasteiger partial charge is 0.444 e. The molecule has 0 unspecified atom stereocenters. The molecule has 0 spiro atoms. The fraction of sp³-hybridized carbons (Fsp3) is 0. The first-order chi connectivity index (χ1) is 11.8. The van der Waals surface area contributed by atoms with Gasteiger partial charge in [0.25, 0.3) is 0 Å². The van der Waals surface area contributed by atoms with Crippen molar-refractivity contribution in [2.24, 2.45) is 10.1 Å². The minimum atomic E-state index is 0.0124. The lowest BCUT2D eigenvalue weighted by Crippen LogP contribution is -2.29. The van der Waals surface area contributed by atoms with Crippen LogP contribution in [0.1, 0.15) is 5.56 Å². The number of rotatable bonds is 4. The van der Waals surface area contributed by atoms with Crippen LogP contribution in [0.25, 0.3) is 11.3 Å². The van der Waals surface area contributed by atoms with Gasteiger partial charge in [0, 0.05) is 11.1 Å². The van der Waals surface area contributed by atoms with Crippen LogP contribution in [-0.2, 0) is 0 Å². The molecule has 120 valence electrons. The standard InChI is InChI=1S/C17H14N4O3/c22-20-16(12-5-2-1-3-6-12)17(21-23)19-14-8-4-7-13(9-14)15-10-18-11-24-15/h1-11,22-23H,(H,19,21). The van der Waals surface area contributed by atoms with Crippen LogP contribution in [0.15, 0.2) is 81.8 Å². The summed E-state index contributed by atoms with van der Waals surface area (Å²) in [6.45, 7) is 0. The number of aliphatic imine (C=N–C) groups is 1. The minimum Gasteiger partial charge on any atom is -0.444 e. The molecule has 1 aromatic heterocycles. The molecular formula is C17H14N4O3. The van der Waals surface area contributed by atoms with Crippen LogP contribution in [0, 0.1) is 0 Å². The number of oxazole rings is 1.